The zero-order valence-electron chi connectivity index (χ0n) is 8.75. The Labute approximate surface area is 115 Å². The quantitative estimate of drug-likeness (QED) is 0.831. The number of nitrogens with zero attached hydrogens (tertiary/aromatic N) is 1. The van der Waals surface area contributed by atoms with E-state index in [1.165, 1.54) is 0 Å². The fourth-order valence-electron chi connectivity index (χ4n) is 1.35. The minimum Gasteiger partial charge on any atom is -0.378 e. The van der Waals surface area contributed by atoms with Crippen molar-refractivity contribution in [2.45, 2.75) is 6.54 Å². The van der Waals surface area contributed by atoms with E-state index < -0.39 is 0 Å². The van der Waals surface area contributed by atoms with Gasteiger partial charge in [0.2, 0.25) is 0 Å². The van der Waals surface area contributed by atoms with E-state index in [-0.39, 0.29) is 0 Å². The monoisotopic (exact) mass is 286 g/mol. The van der Waals surface area contributed by atoms with Gasteiger partial charge in [-0.05, 0) is 24.3 Å². The van der Waals surface area contributed by atoms with E-state index >= 15 is 0 Å². The fraction of sp³-hybridized carbons (Fsp3) is 0.0833. The summed E-state index contributed by atoms with van der Waals surface area (Å²) in [6.07, 6.45) is 1.74. The number of pyridine rings is 1. The minimum atomic E-state index is 0.444. The summed E-state index contributed by atoms with van der Waals surface area (Å²) in [4.78, 5) is 4.20. The molecule has 88 valence electrons. The Morgan fingerprint density at radius 2 is 1.76 bits per heavy atom. The molecule has 0 saturated carbocycles. The topological polar surface area (TPSA) is 24.9 Å². The van der Waals surface area contributed by atoms with E-state index in [0.717, 1.165) is 11.4 Å². The number of hydrogen-bond donors (Lipinski definition) is 1. The molecule has 0 atom stereocenters. The van der Waals surface area contributed by atoms with Crippen molar-refractivity contribution < 1.29 is 0 Å². The second-order valence-corrected chi connectivity index (χ2v) is 4.64. The van der Waals surface area contributed by atoms with Gasteiger partial charge < -0.3 is 5.32 Å². The van der Waals surface area contributed by atoms with Gasteiger partial charge in [-0.15, -0.1) is 0 Å². The Morgan fingerprint density at radius 1 is 1.00 bits per heavy atom. The molecule has 1 aromatic heterocycles. The molecule has 0 fully saturated rings. The van der Waals surface area contributed by atoms with Crippen molar-refractivity contribution >= 4 is 40.5 Å². The van der Waals surface area contributed by atoms with Crippen LogP contribution in [0.4, 0.5) is 5.69 Å². The maximum absolute atomic E-state index is 6.04. The van der Waals surface area contributed by atoms with E-state index in [2.05, 4.69) is 10.3 Å². The zero-order chi connectivity index (χ0) is 12.3. The maximum atomic E-state index is 6.04. The number of halogens is 3. The molecule has 17 heavy (non-hydrogen) atoms. The Bertz CT molecular complexity index is 515. The molecular formula is C12H9Cl3N2. The lowest BCUT2D eigenvalue weighted by molar-refractivity contribution is 1.05. The first-order valence-electron chi connectivity index (χ1n) is 4.95. The summed E-state index contributed by atoms with van der Waals surface area (Å²) in [5.74, 6) is 0. The molecule has 0 saturated heterocycles. The van der Waals surface area contributed by atoms with Crippen molar-refractivity contribution in [3.63, 3.8) is 0 Å². The summed E-state index contributed by atoms with van der Waals surface area (Å²) in [6, 6.07) is 9.05. The van der Waals surface area contributed by atoms with E-state index in [9.17, 15) is 0 Å². The van der Waals surface area contributed by atoms with Gasteiger partial charge in [-0.1, -0.05) is 40.9 Å². The van der Waals surface area contributed by atoms with Crippen molar-refractivity contribution in [2.75, 3.05) is 5.32 Å². The number of nitrogens with one attached hydrogen (secondary N) is 1. The summed E-state index contributed by atoms with van der Waals surface area (Å²) in [6.45, 7) is 0.582. The zero-order valence-corrected chi connectivity index (χ0v) is 11.0. The van der Waals surface area contributed by atoms with Gasteiger partial charge in [-0.2, -0.15) is 0 Å². The number of aromatic nitrogens is 1. The van der Waals surface area contributed by atoms with Crippen molar-refractivity contribution in [2.24, 2.45) is 0 Å². The molecule has 1 heterocycles. The maximum Gasteiger partial charge on any atom is 0.0653 e. The van der Waals surface area contributed by atoms with Gasteiger partial charge in [-0.25, -0.2) is 0 Å². The largest absolute Gasteiger partial charge is 0.378 e. The number of anilines is 1. The molecule has 0 aliphatic carbocycles. The lowest BCUT2D eigenvalue weighted by Gasteiger charge is -2.09. The van der Waals surface area contributed by atoms with Crippen LogP contribution in [0.2, 0.25) is 15.1 Å². The summed E-state index contributed by atoms with van der Waals surface area (Å²) < 4.78 is 0. The third kappa shape index (κ3) is 3.25. The third-order valence-electron chi connectivity index (χ3n) is 2.20. The number of hydrogen-bond acceptors (Lipinski definition) is 2. The van der Waals surface area contributed by atoms with Gasteiger partial charge in [0.15, 0.2) is 0 Å². The second kappa shape index (κ2) is 5.58. The van der Waals surface area contributed by atoms with Gasteiger partial charge in [0.1, 0.15) is 0 Å². The van der Waals surface area contributed by atoms with Gasteiger partial charge in [0, 0.05) is 6.20 Å². The molecule has 2 aromatic rings. The average molecular weight is 288 g/mol. The van der Waals surface area contributed by atoms with E-state index in [1.54, 1.807) is 18.3 Å². The van der Waals surface area contributed by atoms with Crippen LogP contribution in [0, 0.1) is 0 Å². The predicted octanol–water partition coefficient (Wildman–Crippen LogP) is 4.65. The first kappa shape index (κ1) is 12.5. The van der Waals surface area contributed by atoms with Crippen molar-refractivity contribution in [1.29, 1.82) is 0 Å². The second-order valence-electron chi connectivity index (χ2n) is 3.42. The molecule has 0 bridgehead atoms. The first-order valence-corrected chi connectivity index (χ1v) is 6.08. The molecule has 5 heteroatoms. The van der Waals surface area contributed by atoms with Gasteiger partial charge >= 0.3 is 0 Å². The molecular weight excluding hydrogens is 279 g/mol. The summed E-state index contributed by atoms with van der Waals surface area (Å²) in [5, 5.41) is 4.61. The van der Waals surface area contributed by atoms with E-state index in [0.29, 0.717) is 21.6 Å². The van der Waals surface area contributed by atoms with Crippen LogP contribution < -0.4 is 5.32 Å². The van der Waals surface area contributed by atoms with Crippen LogP contribution in [0.15, 0.2) is 36.5 Å². The van der Waals surface area contributed by atoms with E-state index in [4.69, 9.17) is 34.8 Å². The fourth-order valence-corrected chi connectivity index (χ4v) is 1.96. The summed E-state index contributed by atoms with van der Waals surface area (Å²) >= 11 is 17.8. The van der Waals surface area contributed by atoms with Crippen LogP contribution in [-0.4, -0.2) is 4.98 Å². The highest BCUT2D eigenvalue weighted by atomic mass is 35.5. The van der Waals surface area contributed by atoms with Crippen LogP contribution >= 0.6 is 34.8 Å². The molecule has 0 spiro atoms. The highest BCUT2D eigenvalue weighted by Crippen LogP contribution is 2.32. The predicted molar refractivity (Wildman–Crippen MR) is 73.0 cm³/mol. The SMILES string of the molecule is Clc1cc(Cl)c(NCc2ccccn2)cc1Cl. The van der Waals surface area contributed by atoms with Crippen molar-refractivity contribution in [3.05, 3.63) is 57.3 Å². The molecule has 2 nitrogen and oxygen atoms in total. The minimum absolute atomic E-state index is 0.444. The van der Waals surface area contributed by atoms with Crippen LogP contribution in [0.3, 0.4) is 0 Å². The highest BCUT2D eigenvalue weighted by molar-refractivity contribution is 6.44. The van der Waals surface area contributed by atoms with Crippen LogP contribution in [0.1, 0.15) is 5.69 Å². The Hall–Kier alpha value is -0.960. The van der Waals surface area contributed by atoms with E-state index in [1.807, 2.05) is 18.2 Å². The van der Waals surface area contributed by atoms with Gasteiger partial charge in [0.25, 0.3) is 0 Å². The molecule has 1 aromatic carbocycles. The van der Waals surface area contributed by atoms with Crippen molar-refractivity contribution in [1.82, 2.24) is 4.98 Å². The van der Waals surface area contributed by atoms with Crippen LogP contribution in [0.25, 0.3) is 0 Å². The normalized spacial score (nSPS) is 10.3. The molecule has 0 unspecified atom stereocenters. The van der Waals surface area contributed by atoms with Gasteiger partial charge in [-0.3, -0.25) is 4.98 Å². The molecule has 0 aliphatic heterocycles. The highest BCUT2D eigenvalue weighted by Gasteiger charge is 2.05. The molecule has 1 N–H and O–H groups in total. The summed E-state index contributed by atoms with van der Waals surface area (Å²) in [5.41, 5.74) is 1.67. The summed E-state index contributed by atoms with van der Waals surface area (Å²) in [7, 11) is 0. The molecule has 0 aliphatic rings. The first-order chi connectivity index (χ1) is 8.16. The molecule has 2 rings (SSSR count). The average Bonchev–Trinajstić information content (AvgIpc) is 2.33. The van der Waals surface area contributed by atoms with Crippen LogP contribution in [-0.2, 0) is 6.54 Å². The lowest BCUT2D eigenvalue weighted by Crippen LogP contribution is -2.01. The Morgan fingerprint density at radius 3 is 2.47 bits per heavy atom. The Balaban J connectivity index is 2.12. The standard InChI is InChI=1S/C12H9Cl3N2/c13-9-5-11(15)12(6-10(9)14)17-7-8-3-1-2-4-16-8/h1-6,17H,7H2. The Kier molecular flexibility index (Phi) is 4.11. The smallest absolute Gasteiger partial charge is 0.0653 e. The molecule has 0 amide bonds. The lowest BCUT2D eigenvalue weighted by atomic mass is 10.3. The van der Waals surface area contributed by atoms with Crippen molar-refractivity contribution in [3.8, 4) is 0 Å². The molecule has 0 radical (unpaired) electrons. The van der Waals surface area contributed by atoms with Crippen LogP contribution in [0.5, 0.6) is 0 Å². The third-order valence-corrected chi connectivity index (χ3v) is 3.23. The number of benzene rings is 1. The van der Waals surface area contributed by atoms with Gasteiger partial charge in [0.05, 0.1) is 33.0 Å². The number of rotatable bonds is 3.